The van der Waals surface area contributed by atoms with Gasteiger partial charge in [-0.15, -0.1) is 0 Å². The molecule has 0 aliphatic rings. The third-order valence-electron chi connectivity index (χ3n) is 8.13. The normalized spacial score (nSPS) is 14.9. The molecule has 0 saturated carbocycles. The zero-order valence-electron chi connectivity index (χ0n) is 31.5. The molecule has 0 aromatic carbocycles. The van der Waals surface area contributed by atoms with Gasteiger partial charge in [-0.05, 0) is 31.1 Å². The van der Waals surface area contributed by atoms with Gasteiger partial charge in [0.2, 0.25) is 0 Å². The van der Waals surface area contributed by atoms with Gasteiger partial charge in [-0.1, -0.05) is 73.1 Å². The Morgan fingerprint density at radius 1 is 0.702 bits per heavy atom. The Hall–Kier alpha value is -1.38. The smallest absolute Gasteiger partial charge is 0.306 e. The molecule has 0 heterocycles. The number of carboxylic acid groups (broad SMARTS) is 2. The van der Waals surface area contributed by atoms with Gasteiger partial charge in [0.1, 0.15) is 38.4 Å². The van der Waals surface area contributed by atoms with Crippen molar-refractivity contribution >= 4 is 11.9 Å². The highest BCUT2D eigenvalue weighted by atomic mass is 16.5. The van der Waals surface area contributed by atoms with Gasteiger partial charge in [-0.3, -0.25) is 4.79 Å². The zero-order valence-corrected chi connectivity index (χ0v) is 31.5. The molecule has 12 nitrogen and oxygen atoms in total. The van der Waals surface area contributed by atoms with Gasteiger partial charge < -0.3 is 53.9 Å². The van der Waals surface area contributed by atoms with E-state index in [1.165, 1.54) is 45.4 Å². The number of quaternary nitrogens is 2. The molecule has 47 heavy (non-hydrogen) atoms. The van der Waals surface area contributed by atoms with E-state index in [4.69, 9.17) is 24.8 Å². The zero-order chi connectivity index (χ0) is 36.9. The number of aliphatic hydroxyl groups excluding tert-OH is 4. The van der Waals surface area contributed by atoms with Crippen LogP contribution < -0.4 is 5.11 Å². The number of nitrogens with zero attached hydrogens (tertiary/aromatic N) is 2. The number of carbonyl (C=O) groups excluding carboxylic acids is 1. The van der Waals surface area contributed by atoms with E-state index in [-0.39, 0.29) is 13.2 Å². The predicted octanol–water partition coefficient (Wildman–Crippen LogP) is 2.15. The molecule has 0 fully saturated rings. The van der Waals surface area contributed by atoms with Crippen molar-refractivity contribution in [2.75, 3.05) is 94.0 Å². The lowest BCUT2D eigenvalue weighted by atomic mass is 10.0. The standard InChI is InChI=1S/2C15H34NO3.C5H8O4/c2*1-5-7-8-14(6-2)12-19-13-15(18)11-16(3,4)9-10-17;1-3(5(8)9)2-4(6)7/h2*14-15,17-18H,5-13H2,1-4H3;3H,2H2,1H3,(H,6,7)(H,8,9)/q2*+1;/p-1. The fourth-order valence-electron chi connectivity index (χ4n) is 4.85. The first-order valence-electron chi connectivity index (χ1n) is 17.7. The van der Waals surface area contributed by atoms with Crippen molar-refractivity contribution in [2.45, 2.75) is 105 Å². The number of carbonyl (C=O) groups is 2. The van der Waals surface area contributed by atoms with Crippen molar-refractivity contribution in [3.05, 3.63) is 0 Å². The molecule has 0 bridgehead atoms. The molecule has 0 spiro atoms. The fourth-order valence-corrected chi connectivity index (χ4v) is 4.85. The number of aliphatic carboxylic acids is 2. The lowest BCUT2D eigenvalue weighted by Crippen LogP contribution is -2.48. The summed E-state index contributed by atoms with van der Waals surface area (Å²) in [7, 11) is 8.04. The minimum atomic E-state index is -1.33. The van der Waals surface area contributed by atoms with Crippen LogP contribution in [0.25, 0.3) is 0 Å². The predicted molar refractivity (Wildman–Crippen MR) is 185 cm³/mol. The van der Waals surface area contributed by atoms with Crippen molar-refractivity contribution in [3.63, 3.8) is 0 Å². The lowest BCUT2D eigenvalue weighted by molar-refractivity contribution is -0.893. The summed E-state index contributed by atoms with van der Waals surface area (Å²) in [4.78, 5) is 19.7. The summed E-state index contributed by atoms with van der Waals surface area (Å²) in [5.74, 6) is -2.06. The molecule has 0 aliphatic carbocycles. The Bertz CT molecular complexity index is 695. The van der Waals surface area contributed by atoms with Crippen molar-refractivity contribution < 1.29 is 58.7 Å². The van der Waals surface area contributed by atoms with E-state index in [1.54, 1.807) is 0 Å². The molecule has 12 heteroatoms. The summed E-state index contributed by atoms with van der Waals surface area (Å²) in [6.45, 7) is 15.3. The molecular formula is C35H75N2O10+. The second kappa shape index (κ2) is 30.7. The summed E-state index contributed by atoms with van der Waals surface area (Å²) in [5, 5.41) is 55.7. The molecule has 5 atom stereocenters. The maximum absolute atomic E-state index is 9.95. The summed E-state index contributed by atoms with van der Waals surface area (Å²) >= 11 is 0. The van der Waals surface area contributed by atoms with Crippen LogP contribution in [0.1, 0.15) is 92.4 Å². The Kier molecular flexibility index (Phi) is 32.6. The Morgan fingerprint density at radius 3 is 1.30 bits per heavy atom. The summed E-state index contributed by atoms with van der Waals surface area (Å²) in [6, 6.07) is 0. The van der Waals surface area contributed by atoms with E-state index in [9.17, 15) is 24.9 Å². The SMILES string of the molecule is CC(CC(=O)[O-])C(=O)O.CCCCC(CC)COCC(O)C[N+](C)(C)CCO.CCCCC(CC)COCC(O)C[N+](C)(C)CCO. The first-order valence-corrected chi connectivity index (χ1v) is 17.7. The number of hydrogen-bond donors (Lipinski definition) is 5. The van der Waals surface area contributed by atoms with Crippen LogP contribution in [-0.2, 0) is 19.1 Å². The molecule has 0 amide bonds. The molecule has 284 valence electrons. The Labute approximate surface area is 286 Å². The Balaban J connectivity index is -0.000000658. The third-order valence-corrected chi connectivity index (χ3v) is 8.13. The highest BCUT2D eigenvalue weighted by Crippen LogP contribution is 2.14. The van der Waals surface area contributed by atoms with E-state index in [0.717, 1.165) is 26.1 Å². The van der Waals surface area contributed by atoms with E-state index < -0.39 is 36.5 Å². The molecule has 0 aromatic heterocycles. The maximum Gasteiger partial charge on any atom is 0.306 e. The Morgan fingerprint density at radius 2 is 1.06 bits per heavy atom. The topological polar surface area (TPSA) is 177 Å². The quantitative estimate of drug-likeness (QED) is 0.0807. The fraction of sp³-hybridized carbons (Fsp3) is 0.943. The summed E-state index contributed by atoms with van der Waals surface area (Å²) in [5.41, 5.74) is 0. The van der Waals surface area contributed by atoms with Crippen molar-refractivity contribution in [3.8, 4) is 0 Å². The van der Waals surface area contributed by atoms with Crippen molar-refractivity contribution in [1.82, 2.24) is 0 Å². The van der Waals surface area contributed by atoms with E-state index >= 15 is 0 Å². The molecule has 0 radical (unpaired) electrons. The highest BCUT2D eigenvalue weighted by Gasteiger charge is 2.21. The maximum atomic E-state index is 9.95. The van der Waals surface area contributed by atoms with Gasteiger partial charge >= 0.3 is 5.97 Å². The molecule has 0 aromatic rings. The number of aliphatic hydroxyl groups is 4. The number of ether oxygens (including phenoxy) is 2. The number of hydrogen-bond acceptors (Lipinski definition) is 9. The minimum absolute atomic E-state index is 0.148. The molecule has 0 aliphatic heterocycles. The minimum Gasteiger partial charge on any atom is -0.550 e. The molecule has 0 rings (SSSR count). The lowest BCUT2D eigenvalue weighted by Gasteiger charge is -2.31. The number of carboxylic acids is 2. The van der Waals surface area contributed by atoms with Crippen LogP contribution in [0.4, 0.5) is 0 Å². The van der Waals surface area contributed by atoms with E-state index in [2.05, 4.69) is 27.7 Å². The molecular weight excluding hydrogens is 608 g/mol. The second-order valence-corrected chi connectivity index (χ2v) is 14.2. The molecule has 5 N–H and O–H groups in total. The van der Waals surface area contributed by atoms with Crippen LogP contribution in [0.3, 0.4) is 0 Å². The van der Waals surface area contributed by atoms with Gasteiger partial charge in [0.15, 0.2) is 0 Å². The average molecular weight is 684 g/mol. The first-order chi connectivity index (χ1) is 21.9. The van der Waals surface area contributed by atoms with Gasteiger partial charge in [-0.25, -0.2) is 0 Å². The first kappa shape index (κ1) is 50.0. The highest BCUT2D eigenvalue weighted by molar-refractivity contribution is 5.76. The number of rotatable bonds is 27. The van der Waals surface area contributed by atoms with Crippen molar-refractivity contribution in [2.24, 2.45) is 17.8 Å². The largest absolute Gasteiger partial charge is 0.550 e. The van der Waals surface area contributed by atoms with Crippen LogP contribution in [0.15, 0.2) is 0 Å². The number of likely N-dealkylation sites (N-methyl/N-ethyl adjacent to an activating group) is 2. The van der Waals surface area contributed by atoms with Crippen LogP contribution >= 0.6 is 0 Å². The van der Waals surface area contributed by atoms with Gasteiger partial charge in [0.25, 0.3) is 0 Å². The monoisotopic (exact) mass is 684 g/mol. The van der Waals surface area contributed by atoms with Gasteiger partial charge in [0.05, 0.1) is 60.5 Å². The molecule has 5 unspecified atom stereocenters. The van der Waals surface area contributed by atoms with Gasteiger partial charge in [0, 0.05) is 19.2 Å². The van der Waals surface area contributed by atoms with Crippen molar-refractivity contribution in [1.29, 1.82) is 0 Å². The second-order valence-electron chi connectivity index (χ2n) is 14.2. The van der Waals surface area contributed by atoms with Crippen LogP contribution in [0.5, 0.6) is 0 Å². The summed E-state index contributed by atoms with van der Waals surface area (Å²) < 4.78 is 12.5. The van der Waals surface area contributed by atoms with Gasteiger partial charge in [-0.2, -0.15) is 0 Å². The summed E-state index contributed by atoms with van der Waals surface area (Å²) in [6.07, 6.45) is 8.35. The third kappa shape index (κ3) is 34.3. The molecule has 0 saturated heterocycles. The average Bonchev–Trinajstić information content (AvgIpc) is 2.96. The van der Waals surface area contributed by atoms with E-state index in [0.29, 0.717) is 60.2 Å². The van der Waals surface area contributed by atoms with Crippen LogP contribution in [0, 0.1) is 17.8 Å². The van der Waals surface area contributed by atoms with Crippen LogP contribution in [0.2, 0.25) is 0 Å². The van der Waals surface area contributed by atoms with Crippen LogP contribution in [-0.4, -0.2) is 153 Å². The number of unbranched alkanes of at least 4 members (excludes halogenated alkanes) is 2. The van der Waals surface area contributed by atoms with E-state index in [1.807, 2.05) is 28.2 Å².